The zero-order valence-electron chi connectivity index (χ0n) is 21.8. The summed E-state index contributed by atoms with van der Waals surface area (Å²) >= 11 is 8.67. The lowest BCUT2D eigenvalue weighted by Crippen LogP contribution is -2.57. The largest absolute Gasteiger partial charge is 0.388 e. The Kier molecular flexibility index (Phi) is 8.27. The van der Waals surface area contributed by atoms with Crippen molar-refractivity contribution in [1.29, 1.82) is 0 Å². The number of rotatable bonds is 3. The second-order valence-corrected chi connectivity index (χ2v) is 12.6. The number of allylic oxidation sites excluding steroid dienone is 9. The van der Waals surface area contributed by atoms with Crippen molar-refractivity contribution in [2.24, 2.45) is 16.8 Å². The summed E-state index contributed by atoms with van der Waals surface area (Å²) in [5.41, 5.74) is 4.67. The molecule has 7 unspecified atom stereocenters. The molecule has 0 saturated carbocycles. The number of hydrogen-bond acceptors (Lipinski definition) is 5. The minimum absolute atomic E-state index is 0.0246. The molecule has 0 aromatic rings. The predicted octanol–water partition coefficient (Wildman–Crippen LogP) is 6.26. The Balaban J connectivity index is 1.38. The molecule has 6 rings (SSSR count). The Labute approximate surface area is 236 Å². The predicted molar refractivity (Wildman–Crippen MR) is 161 cm³/mol. The van der Waals surface area contributed by atoms with Crippen LogP contribution >= 0.6 is 23.4 Å². The molecular formula is C32H38ClN3OS. The number of aliphatic hydroxyl groups is 1. The maximum Gasteiger partial charge on any atom is 0.130 e. The Hall–Kier alpha value is -2.05. The van der Waals surface area contributed by atoms with Crippen LogP contribution in [0.1, 0.15) is 44.9 Å². The topological polar surface area (TPSA) is 56.7 Å². The van der Waals surface area contributed by atoms with Crippen molar-refractivity contribution in [1.82, 2.24) is 10.6 Å². The summed E-state index contributed by atoms with van der Waals surface area (Å²) in [5.74, 6) is 2.24. The molecule has 6 heteroatoms. The molecule has 2 heterocycles. The highest BCUT2D eigenvalue weighted by atomic mass is 35.5. The molecule has 200 valence electrons. The van der Waals surface area contributed by atoms with Gasteiger partial charge in [0.05, 0.1) is 11.5 Å². The van der Waals surface area contributed by atoms with Crippen molar-refractivity contribution in [3.05, 3.63) is 95.2 Å². The molecule has 4 aliphatic carbocycles. The van der Waals surface area contributed by atoms with Crippen LogP contribution in [0, 0.1) is 11.8 Å². The van der Waals surface area contributed by atoms with Crippen molar-refractivity contribution in [2.75, 3.05) is 5.75 Å². The molecule has 0 aromatic carbocycles. The van der Waals surface area contributed by atoms with Crippen molar-refractivity contribution < 1.29 is 5.11 Å². The van der Waals surface area contributed by atoms with E-state index >= 15 is 0 Å². The van der Waals surface area contributed by atoms with E-state index in [4.69, 9.17) is 16.6 Å². The van der Waals surface area contributed by atoms with Gasteiger partial charge in [0, 0.05) is 28.4 Å². The third kappa shape index (κ3) is 5.49. The molecule has 0 spiro atoms. The van der Waals surface area contributed by atoms with E-state index in [1.807, 2.05) is 11.8 Å². The van der Waals surface area contributed by atoms with Crippen molar-refractivity contribution in [3.8, 4) is 0 Å². The van der Waals surface area contributed by atoms with Crippen LogP contribution in [0.3, 0.4) is 0 Å². The van der Waals surface area contributed by atoms with Gasteiger partial charge in [0.15, 0.2) is 0 Å². The monoisotopic (exact) mass is 547 g/mol. The molecule has 0 aromatic heterocycles. The maximum atomic E-state index is 11.8. The fraction of sp³-hybridized carbons (Fsp3) is 0.469. The van der Waals surface area contributed by atoms with Gasteiger partial charge in [0.25, 0.3) is 0 Å². The van der Waals surface area contributed by atoms with Gasteiger partial charge in [-0.15, -0.1) is 23.4 Å². The first kappa shape index (κ1) is 26.2. The molecule has 0 amide bonds. The van der Waals surface area contributed by atoms with Gasteiger partial charge < -0.3 is 10.4 Å². The van der Waals surface area contributed by atoms with E-state index in [1.54, 1.807) is 0 Å². The fourth-order valence-electron chi connectivity index (χ4n) is 6.46. The summed E-state index contributed by atoms with van der Waals surface area (Å²) in [6.45, 7) is 0. The summed E-state index contributed by atoms with van der Waals surface area (Å²) in [4.78, 5) is 5.23. The number of nitrogens with zero attached hydrogens (tertiary/aromatic N) is 1. The fourth-order valence-corrected chi connectivity index (χ4v) is 8.00. The van der Waals surface area contributed by atoms with E-state index in [0.29, 0.717) is 11.2 Å². The molecule has 0 bridgehead atoms. The van der Waals surface area contributed by atoms with E-state index in [9.17, 15) is 5.11 Å². The third-order valence-corrected chi connectivity index (χ3v) is 10.2. The van der Waals surface area contributed by atoms with Gasteiger partial charge in [-0.1, -0.05) is 72.9 Å². The summed E-state index contributed by atoms with van der Waals surface area (Å²) in [6, 6.07) is 0. The van der Waals surface area contributed by atoms with E-state index < -0.39 is 6.10 Å². The van der Waals surface area contributed by atoms with Crippen molar-refractivity contribution in [2.45, 2.75) is 74.0 Å². The Morgan fingerprint density at radius 2 is 1.84 bits per heavy atom. The van der Waals surface area contributed by atoms with Crippen LogP contribution in [-0.4, -0.2) is 45.8 Å². The van der Waals surface area contributed by atoms with Gasteiger partial charge >= 0.3 is 0 Å². The number of amidine groups is 1. The average Bonchev–Trinajstić information content (AvgIpc) is 3.20. The van der Waals surface area contributed by atoms with Gasteiger partial charge in [0.2, 0.25) is 0 Å². The quantitative estimate of drug-likeness (QED) is 0.288. The average molecular weight is 548 g/mol. The molecule has 2 aliphatic heterocycles. The Morgan fingerprint density at radius 3 is 2.79 bits per heavy atom. The van der Waals surface area contributed by atoms with Gasteiger partial charge in [-0.2, -0.15) is 0 Å². The summed E-state index contributed by atoms with van der Waals surface area (Å²) < 4.78 is 0. The smallest absolute Gasteiger partial charge is 0.130 e. The van der Waals surface area contributed by atoms with Crippen molar-refractivity contribution >= 4 is 29.2 Å². The van der Waals surface area contributed by atoms with Crippen LogP contribution in [0.4, 0.5) is 0 Å². The number of aliphatic imine (C=N–C) groups is 1. The molecule has 0 fully saturated rings. The van der Waals surface area contributed by atoms with E-state index in [1.165, 1.54) is 16.7 Å². The molecule has 38 heavy (non-hydrogen) atoms. The number of thioether (sulfide) groups is 1. The SMILES string of the molecule is OC1/C(C2=NC(C3=CCCCC=C3)NC(C3=CCCC4C3=CC=CC4Cl)N2)=C\C=C/CSC2C=CCCC21. The number of fused-ring (bicyclic) bond motifs is 2. The molecule has 6 aliphatic rings. The van der Waals surface area contributed by atoms with E-state index in [2.05, 4.69) is 83.5 Å². The Morgan fingerprint density at radius 1 is 0.921 bits per heavy atom. The first-order valence-corrected chi connectivity index (χ1v) is 15.7. The number of nitrogens with one attached hydrogen (secondary N) is 2. The van der Waals surface area contributed by atoms with Gasteiger partial charge in [-0.05, 0) is 61.7 Å². The molecule has 4 nitrogen and oxygen atoms in total. The highest BCUT2D eigenvalue weighted by Gasteiger charge is 2.38. The molecule has 7 atom stereocenters. The van der Waals surface area contributed by atoms with E-state index in [-0.39, 0.29) is 23.6 Å². The van der Waals surface area contributed by atoms with Gasteiger partial charge in [-0.25, -0.2) is 4.99 Å². The van der Waals surface area contributed by atoms with Gasteiger partial charge in [0.1, 0.15) is 18.2 Å². The van der Waals surface area contributed by atoms with Crippen LogP contribution in [0.15, 0.2) is 100 Å². The standard InChI is InChI=1S/C32H38ClN3OS/c33-27-18-10-15-22-23(27)16-9-17-24(22)31-34-30(21-11-3-1-2-4-12-21)35-32(36-31)26-14-7-8-20-38-28-19-6-5-13-25(28)29(26)37/h3,6-8,10-12,14-15,17-19,23,25,27-31,34,37H,1-2,4-5,9,13,16,20H2,(H,35,36)/b8-7-,26-14+. The zero-order chi connectivity index (χ0) is 25.9. The highest BCUT2D eigenvalue weighted by molar-refractivity contribution is 8.00. The maximum absolute atomic E-state index is 11.8. The van der Waals surface area contributed by atoms with Crippen LogP contribution in [-0.2, 0) is 0 Å². The second kappa shape index (κ2) is 12.0. The molecular weight excluding hydrogens is 510 g/mol. The zero-order valence-corrected chi connectivity index (χ0v) is 23.4. The van der Waals surface area contributed by atoms with Crippen LogP contribution in [0.5, 0.6) is 0 Å². The lowest BCUT2D eigenvalue weighted by atomic mass is 9.77. The van der Waals surface area contributed by atoms with Crippen LogP contribution in [0.25, 0.3) is 0 Å². The molecule has 0 saturated heterocycles. The highest BCUT2D eigenvalue weighted by Crippen LogP contribution is 2.40. The summed E-state index contributed by atoms with van der Waals surface area (Å²) in [6.07, 6.45) is 33.1. The molecule has 3 N–H and O–H groups in total. The number of halogens is 1. The second-order valence-electron chi connectivity index (χ2n) is 10.9. The lowest BCUT2D eigenvalue weighted by molar-refractivity contribution is 0.142. The number of alkyl halides is 1. The minimum Gasteiger partial charge on any atom is -0.388 e. The van der Waals surface area contributed by atoms with Gasteiger partial charge in [-0.3, -0.25) is 5.32 Å². The van der Waals surface area contributed by atoms with Crippen LogP contribution in [0.2, 0.25) is 0 Å². The first-order valence-electron chi connectivity index (χ1n) is 14.2. The lowest BCUT2D eigenvalue weighted by Gasteiger charge is -2.40. The summed E-state index contributed by atoms with van der Waals surface area (Å²) in [7, 11) is 0. The van der Waals surface area contributed by atoms with Crippen LogP contribution < -0.4 is 10.6 Å². The Bertz CT molecular complexity index is 1190. The number of aliphatic hydroxyl groups excluding tert-OH is 1. The normalized spacial score (nSPS) is 39.2. The third-order valence-electron chi connectivity index (χ3n) is 8.49. The molecule has 0 radical (unpaired) electrons. The number of hydrogen-bond donors (Lipinski definition) is 3. The first-order chi connectivity index (χ1) is 18.7. The van der Waals surface area contributed by atoms with Crippen molar-refractivity contribution in [3.63, 3.8) is 0 Å². The minimum atomic E-state index is -0.582. The van der Waals surface area contributed by atoms with E-state index in [0.717, 1.165) is 62.1 Å². The summed E-state index contributed by atoms with van der Waals surface area (Å²) in [5, 5.41) is 19.7.